The van der Waals surface area contributed by atoms with Gasteiger partial charge in [-0.25, -0.2) is 9.97 Å². The fourth-order valence-electron chi connectivity index (χ4n) is 2.94. The molecule has 3 heterocycles. The lowest BCUT2D eigenvalue weighted by atomic mass is 10.1. The summed E-state index contributed by atoms with van der Waals surface area (Å²) in [7, 11) is 1.90. The molecule has 0 spiro atoms. The van der Waals surface area contributed by atoms with E-state index in [1.807, 2.05) is 54.8 Å². The lowest BCUT2D eigenvalue weighted by Crippen LogP contribution is -2.30. The van der Waals surface area contributed by atoms with E-state index >= 15 is 0 Å². The average Bonchev–Trinajstić information content (AvgIpc) is 3.05. The molecular formula is C16H20N4O. The molecule has 1 atom stereocenters. The first kappa shape index (κ1) is 13.8. The van der Waals surface area contributed by atoms with Gasteiger partial charge in [-0.15, -0.1) is 0 Å². The summed E-state index contributed by atoms with van der Waals surface area (Å²) in [6, 6.07) is 5.74. The molecule has 1 fully saturated rings. The van der Waals surface area contributed by atoms with Crippen LogP contribution in [-0.2, 0) is 7.05 Å². The Morgan fingerprint density at radius 3 is 2.62 bits per heavy atom. The number of aromatic nitrogens is 3. The van der Waals surface area contributed by atoms with E-state index in [-0.39, 0.29) is 11.8 Å². The molecule has 1 amide bonds. The highest BCUT2D eigenvalue weighted by Crippen LogP contribution is 2.26. The van der Waals surface area contributed by atoms with Gasteiger partial charge in [0.05, 0.1) is 0 Å². The average molecular weight is 284 g/mol. The maximum atomic E-state index is 12.5. The van der Waals surface area contributed by atoms with E-state index in [1.54, 1.807) is 0 Å². The van der Waals surface area contributed by atoms with Crippen LogP contribution < -0.4 is 0 Å². The van der Waals surface area contributed by atoms with E-state index in [0.29, 0.717) is 6.54 Å². The van der Waals surface area contributed by atoms with Crippen molar-refractivity contribution in [1.82, 2.24) is 19.4 Å². The molecule has 0 N–H and O–H groups in total. The number of hydrogen-bond acceptors (Lipinski definition) is 3. The summed E-state index contributed by atoms with van der Waals surface area (Å²) in [4.78, 5) is 23.5. The van der Waals surface area contributed by atoms with Crippen LogP contribution in [0.3, 0.4) is 0 Å². The first-order valence-electron chi connectivity index (χ1n) is 7.27. The first-order chi connectivity index (χ1) is 10.0. The van der Waals surface area contributed by atoms with Crippen LogP contribution in [0.4, 0.5) is 0 Å². The molecule has 0 aliphatic carbocycles. The Morgan fingerprint density at radius 1 is 1.29 bits per heavy atom. The number of nitrogens with zero attached hydrogens (tertiary/aromatic N) is 4. The number of carbonyl (C=O) groups is 1. The topological polar surface area (TPSA) is 51.0 Å². The summed E-state index contributed by atoms with van der Waals surface area (Å²) in [5.74, 6) is 1.21. The van der Waals surface area contributed by atoms with Gasteiger partial charge in [-0.3, -0.25) is 4.79 Å². The van der Waals surface area contributed by atoms with Crippen molar-refractivity contribution in [3.05, 3.63) is 47.3 Å². The Balaban J connectivity index is 1.76. The minimum absolute atomic E-state index is 0.0920. The summed E-state index contributed by atoms with van der Waals surface area (Å²) < 4.78 is 1.86. The highest BCUT2D eigenvalue weighted by molar-refractivity contribution is 5.93. The van der Waals surface area contributed by atoms with Crippen LogP contribution in [0, 0.1) is 13.8 Å². The van der Waals surface area contributed by atoms with Crippen molar-refractivity contribution < 1.29 is 4.79 Å². The highest BCUT2D eigenvalue weighted by Gasteiger charge is 2.30. The Hall–Kier alpha value is -2.17. The van der Waals surface area contributed by atoms with Gasteiger partial charge < -0.3 is 9.47 Å². The number of amides is 1. The first-order valence-corrected chi connectivity index (χ1v) is 7.27. The van der Waals surface area contributed by atoms with Gasteiger partial charge in [-0.2, -0.15) is 0 Å². The summed E-state index contributed by atoms with van der Waals surface area (Å²) in [6.07, 6.45) is 2.83. The third kappa shape index (κ3) is 2.68. The fourth-order valence-corrected chi connectivity index (χ4v) is 2.94. The molecule has 0 radical (unpaired) electrons. The van der Waals surface area contributed by atoms with Crippen molar-refractivity contribution in [2.24, 2.45) is 7.05 Å². The van der Waals surface area contributed by atoms with Gasteiger partial charge in [0.25, 0.3) is 5.91 Å². The van der Waals surface area contributed by atoms with Crippen LogP contribution in [0.1, 0.15) is 40.0 Å². The minimum atomic E-state index is 0.0920. The van der Waals surface area contributed by atoms with Crippen LogP contribution in [-0.4, -0.2) is 38.4 Å². The second kappa shape index (κ2) is 5.31. The predicted molar refractivity (Wildman–Crippen MR) is 80.2 cm³/mol. The van der Waals surface area contributed by atoms with Gasteiger partial charge in [0, 0.05) is 43.6 Å². The molecule has 0 bridgehead atoms. The predicted octanol–water partition coefficient (Wildman–Crippen LogP) is 2.06. The number of hydrogen-bond donors (Lipinski definition) is 0. The molecule has 5 nitrogen and oxygen atoms in total. The Morgan fingerprint density at radius 2 is 2.00 bits per heavy atom. The molecule has 1 aliphatic heterocycles. The molecule has 110 valence electrons. The van der Waals surface area contributed by atoms with E-state index in [4.69, 9.17) is 0 Å². The Kier molecular flexibility index (Phi) is 3.49. The smallest absolute Gasteiger partial charge is 0.270 e. The maximum Gasteiger partial charge on any atom is 0.270 e. The van der Waals surface area contributed by atoms with Crippen LogP contribution in [0.5, 0.6) is 0 Å². The summed E-state index contributed by atoms with van der Waals surface area (Å²) in [5.41, 5.74) is 2.71. The molecular weight excluding hydrogens is 264 g/mol. The Labute approximate surface area is 124 Å². The number of rotatable bonds is 2. The monoisotopic (exact) mass is 284 g/mol. The third-order valence-electron chi connectivity index (χ3n) is 4.00. The third-order valence-corrected chi connectivity index (χ3v) is 4.00. The Bertz CT molecular complexity index is 656. The summed E-state index contributed by atoms with van der Waals surface area (Å²) >= 11 is 0. The molecule has 3 rings (SSSR count). The van der Waals surface area contributed by atoms with E-state index in [2.05, 4.69) is 9.97 Å². The normalized spacial score (nSPS) is 18.2. The lowest BCUT2D eigenvalue weighted by molar-refractivity contribution is 0.0781. The van der Waals surface area contributed by atoms with Crippen molar-refractivity contribution in [2.45, 2.75) is 26.2 Å². The SMILES string of the molecule is Cc1cc(C)nc(C2CCN(C(=O)c3cccn3C)C2)n1. The van der Waals surface area contributed by atoms with Crippen LogP contribution in [0.25, 0.3) is 0 Å². The number of aryl methyl sites for hydroxylation is 3. The molecule has 1 aliphatic rings. The zero-order valence-corrected chi connectivity index (χ0v) is 12.7. The van der Waals surface area contributed by atoms with Crippen molar-refractivity contribution in [3.8, 4) is 0 Å². The van der Waals surface area contributed by atoms with E-state index in [1.165, 1.54) is 0 Å². The second-order valence-corrected chi connectivity index (χ2v) is 5.75. The molecule has 5 heteroatoms. The summed E-state index contributed by atoms with van der Waals surface area (Å²) in [6.45, 7) is 5.44. The van der Waals surface area contributed by atoms with Gasteiger partial charge in [0.15, 0.2) is 0 Å². The zero-order valence-electron chi connectivity index (χ0n) is 12.7. The van der Waals surface area contributed by atoms with Crippen molar-refractivity contribution in [1.29, 1.82) is 0 Å². The zero-order chi connectivity index (χ0) is 15.0. The second-order valence-electron chi connectivity index (χ2n) is 5.75. The molecule has 1 unspecified atom stereocenters. The molecule has 21 heavy (non-hydrogen) atoms. The van der Waals surface area contributed by atoms with Crippen LogP contribution >= 0.6 is 0 Å². The molecule has 2 aromatic rings. The van der Waals surface area contributed by atoms with Gasteiger partial charge in [0.1, 0.15) is 11.5 Å². The van der Waals surface area contributed by atoms with Crippen LogP contribution in [0.2, 0.25) is 0 Å². The minimum Gasteiger partial charge on any atom is -0.347 e. The number of carbonyl (C=O) groups excluding carboxylic acids is 1. The molecule has 1 saturated heterocycles. The number of likely N-dealkylation sites (tertiary alicyclic amines) is 1. The van der Waals surface area contributed by atoms with Crippen molar-refractivity contribution >= 4 is 5.91 Å². The quantitative estimate of drug-likeness (QED) is 0.848. The summed E-state index contributed by atoms with van der Waals surface area (Å²) in [5, 5.41) is 0. The standard InChI is InChI=1S/C16H20N4O/c1-11-9-12(2)18-15(17-11)13-6-8-20(10-13)16(21)14-5-4-7-19(14)3/h4-5,7,9,13H,6,8,10H2,1-3H3. The fraction of sp³-hybridized carbons (Fsp3) is 0.438. The van der Waals surface area contributed by atoms with E-state index < -0.39 is 0 Å². The maximum absolute atomic E-state index is 12.5. The van der Waals surface area contributed by atoms with E-state index in [0.717, 1.165) is 35.9 Å². The van der Waals surface area contributed by atoms with Gasteiger partial charge in [0.2, 0.25) is 0 Å². The van der Waals surface area contributed by atoms with Gasteiger partial charge >= 0.3 is 0 Å². The van der Waals surface area contributed by atoms with Gasteiger partial charge in [-0.1, -0.05) is 0 Å². The van der Waals surface area contributed by atoms with Crippen molar-refractivity contribution in [3.63, 3.8) is 0 Å². The molecule has 0 saturated carbocycles. The lowest BCUT2D eigenvalue weighted by Gasteiger charge is -2.16. The van der Waals surface area contributed by atoms with Crippen LogP contribution in [0.15, 0.2) is 24.4 Å². The van der Waals surface area contributed by atoms with E-state index in [9.17, 15) is 4.79 Å². The molecule has 2 aromatic heterocycles. The van der Waals surface area contributed by atoms with Crippen molar-refractivity contribution in [2.75, 3.05) is 13.1 Å². The molecule has 0 aromatic carbocycles. The highest BCUT2D eigenvalue weighted by atomic mass is 16.2. The van der Waals surface area contributed by atoms with Gasteiger partial charge in [-0.05, 0) is 38.5 Å². The largest absolute Gasteiger partial charge is 0.347 e.